The first-order chi connectivity index (χ1) is 10.4. The summed E-state index contributed by atoms with van der Waals surface area (Å²) in [6.07, 6.45) is 0. The number of nitrogens with zero attached hydrogens (tertiary/aromatic N) is 5. The molecule has 22 heavy (non-hydrogen) atoms. The van der Waals surface area contributed by atoms with Gasteiger partial charge in [-0.2, -0.15) is 0 Å². The molecule has 0 spiro atoms. The van der Waals surface area contributed by atoms with Crippen molar-refractivity contribution >= 4 is 11.3 Å². The summed E-state index contributed by atoms with van der Waals surface area (Å²) >= 11 is 0. The Hall–Kier alpha value is -2.43. The Labute approximate surface area is 130 Å². The highest BCUT2D eigenvalue weighted by Crippen LogP contribution is 2.24. The van der Waals surface area contributed by atoms with Crippen LogP contribution in [0.25, 0.3) is 22.7 Å². The number of aryl methyl sites for hydroxylation is 5. The highest BCUT2D eigenvalue weighted by Gasteiger charge is 2.22. The lowest BCUT2D eigenvalue weighted by molar-refractivity contribution is -0.720. The minimum atomic E-state index is 0.580. The maximum absolute atomic E-state index is 4.72. The number of benzene rings is 1. The first-order valence-electron chi connectivity index (χ1n) is 7.34. The molecule has 5 heteroatoms. The van der Waals surface area contributed by atoms with Gasteiger partial charge in [-0.3, -0.25) is 0 Å². The van der Waals surface area contributed by atoms with Gasteiger partial charge in [-0.25, -0.2) is 9.97 Å². The van der Waals surface area contributed by atoms with Crippen molar-refractivity contribution in [3.05, 3.63) is 40.2 Å². The van der Waals surface area contributed by atoms with E-state index in [-0.39, 0.29) is 0 Å². The van der Waals surface area contributed by atoms with Crippen molar-refractivity contribution in [1.82, 2.24) is 20.1 Å². The number of rotatable bonds is 1. The standard InChI is InChI=1S/C17H20N5/c1-9-7-10(2)11(3)14(8-9)17-20-15-16(21-22(17)6)19-13(5)12(4)18-15/h7-8H,1-6H3/q+1. The Morgan fingerprint density at radius 1 is 0.818 bits per heavy atom. The van der Waals surface area contributed by atoms with Crippen molar-refractivity contribution in [2.45, 2.75) is 34.6 Å². The molecule has 0 aliphatic heterocycles. The summed E-state index contributed by atoms with van der Waals surface area (Å²) in [7, 11) is 1.90. The van der Waals surface area contributed by atoms with Gasteiger partial charge in [0.25, 0.3) is 5.65 Å². The summed E-state index contributed by atoms with van der Waals surface area (Å²) in [5.74, 6) is 0.814. The Bertz CT molecular complexity index is 899. The molecule has 0 unspecified atom stereocenters. The van der Waals surface area contributed by atoms with Gasteiger partial charge in [0.15, 0.2) is 0 Å². The van der Waals surface area contributed by atoms with Crippen molar-refractivity contribution in [2.24, 2.45) is 7.05 Å². The van der Waals surface area contributed by atoms with Gasteiger partial charge in [-0.15, -0.1) is 4.68 Å². The maximum atomic E-state index is 4.72. The van der Waals surface area contributed by atoms with E-state index in [4.69, 9.17) is 4.98 Å². The minimum absolute atomic E-state index is 0.580. The number of hydrogen-bond donors (Lipinski definition) is 0. The molecule has 3 rings (SSSR count). The average molecular weight is 294 g/mol. The molecule has 0 saturated carbocycles. The molecule has 2 heterocycles. The van der Waals surface area contributed by atoms with E-state index in [2.05, 4.69) is 48.0 Å². The van der Waals surface area contributed by atoms with Gasteiger partial charge >= 0.3 is 11.5 Å². The highest BCUT2D eigenvalue weighted by atomic mass is 15.3. The normalized spacial score (nSPS) is 11.2. The van der Waals surface area contributed by atoms with E-state index >= 15 is 0 Å². The Kier molecular flexibility index (Phi) is 3.35. The predicted octanol–water partition coefficient (Wildman–Crippen LogP) is 2.45. The van der Waals surface area contributed by atoms with Gasteiger partial charge in [0, 0.05) is 0 Å². The van der Waals surface area contributed by atoms with Crippen molar-refractivity contribution < 1.29 is 4.68 Å². The van der Waals surface area contributed by atoms with Crippen LogP contribution in [0, 0.1) is 34.6 Å². The van der Waals surface area contributed by atoms with Gasteiger partial charge in [-0.05, 0) is 62.4 Å². The molecule has 0 saturated heterocycles. The lowest BCUT2D eigenvalue weighted by Crippen LogP contribution is -2.37. The lowest BCUT2D eigenvalue weighted by Gasteiger charge is -2.07. The zero-order valence-electron chi connectivity index (χ0n) is 13.9. The van der Waals surface area contributed by atoms with Crippen LogP contribution in [0.1, 0.15) is 28.1 Å². The number of fused-ring (bicyclic) bond motifs is 1. The van der Waals surface area contributed by atoms with Crippen molar-refractivity contribution in [3.8, 4) is 11.4 Å². The van der Waals surface area contributed by atoms with Gasteiger partial charge in [-0.1, -0.05) is 11.2 Å². The monoisotopic (exact) mass is 294 g/mol. The van der Waals surface area contributed by atoms with E-state index < -0.39 is 0 Å². The summed E-state index contributed by atoms with van der Waals surface area (Å²) in [4.78, 5) is 13.7. The number of hydrogen-bond acceptors (Lipinski definition) is 4. The molecule has 0 aliphatic carbocycles. The van der Waals surface area contributed by atoms with Gasteiger partial charge < -0.3 is 0 Å². The predicted molar refractivity (Wildman–Crippen MR) is 85.4 cm³/mol. The van der Waals surface area contributed by atoms with Crippen molar-refractivity contribution in [1.29, 1.82) is 0 Å². The lowest BCUT2D eigenvalue weighted by atomic mass is 9.99. The Morgan fingerprint density at radius 3 is 2.14 bits per heavy atom. The summed E-state index contributed by atoms with van der Waals surface area (Å²) in [6.45, 7) is 10.2. The van der Waals surface area contributed by atoms with Gasteiger partial charge in [0.2, 0.25) is 0 Å². The van der Waals surface area contributed by atoms with Crippen LogP contribution in [0.2, 0.25) is 0 Å². The second-order valence-electron chi connectivity index (χ2n) is 5.86. The molecule has 0 amide bonds. The summed E-state index contributed by atoms with van der Waals surface area (Å²) < 4.78 is 1.78. The van der Waals surface area contributed by atoms with Gasteiger partial charge in [0.1, 0.15) is 7.05 Å². The van der Waals surface area contributed by atoms with Gasteiger partial charge in [0.05, 0.1) is 17.0 Å². The third-order valence-electron chi connectivity index (χ3n) is 4.09. The Morgan fingerprint density at radius 2 is 1.45 bits per heavy atom. The third-order valence-corrected chi connectivity index (χ3v) is 4.09. The minimum Gasteiger partial charge on any atom is -0.223 e. The molecule has 3 aromatic rings. The van der Waals surface area contributed by atoms with Crippen LogP contribution < -0.4 is 4.68 Å². The van der Waals surface area contributed by atoms with E-state index in [0.717, 1.165) is 22.8 Å². The van der Waals surface area contributed by atoms with Crippen LogP contribution in [0.5, 0.6) is 0 Å². The zero-order chi connectivity index (χ0) is 16.0. The molecule has 1 aromatic carbocycles. The third kappa shape index (κ3) is 2.32. The molecule has 0 bridgehead atoms. The fourth-order valence-electron chi connectivity index (χ4n) is 2.59. The summed E-state index contributed by atoms with van der Waals surface area (Å²) in [6, 6.07) is 4.33. The molecule has 0 N–H and O–H groups in total. The summed E-state index contributed by atoms with van der Waals surface area (Å²) in [5, 5.41) is 4.53. The molecule has 112 valence electrons. The van der Waals surface area contributed by atoms with E-state index in [1.165, 1.54) is 16.7 Å². The fourth-order valence-corrected chi connectivity index (χ4v) is 2.59. The van der Waals surface area contributed by atoms with E-state index in [0.29, 0.717) is 11.3 Å². The molecular formula is C17H20N5+. The largest absolute Gasteiger partial charge is 0.353 e. The fraction of sp³-hybridized carbons (Fsp3) is 0.353. The first-order valence-corrected chi connectivity index (χ1v) is 7.34. The van der Waals surface area contributed by atoms with Crippen LogP contribution in [0.3, 0.4) is 0 Å². The maximum Gasteiger partial charge on any atom is 0.353 e. The molecule has 0 aliphatic rings. The zero-order valence-corrected chi connectivity index (χ0v) is 13.9. The van der Waals surface area contributed by atoms with E-state index in [1.54, 1.807) is 4.68 Å². The molecule has 0 fully saturated rings. The molecule has 2 aromatic heterocycles. The van der Waals surface area contributed by atoms with E-state index in [1.807, 2.05) is 20.9 Å². The Balaban J connectivity index is 2.32. The SMILES string of the molecule is Cc1cc(C)c(C)c(-c2nc3nc(C)c(C)nc3n[n+]2C)c1. The van der Waals surface area contributed by atoms with Crippen molar-refractivity contribution in [3.63, 3.8) is 0 Å². The second kappa shape index (κ2) is 5.09. The smallest absolute Gasteiger partial charge is 0.223 e. The van der Waals surface area contributed by atoms with Crippen LogP contribution in [-0.4, -0.2) is 20.1 Å². The molecular weight excluding hydrogens is 274 g/mol. The van der Waals surface area contributed by atoms with E-state index in [9.17, 15) is 0 Å². The van der Waals surface area contributed by atoms with Crippen molar-refractivity contribution in [2.75, 3.05) is 0 Å². The summed E-state index contributed by atoms with van der Waals surface area (Å²) in [5.41, 5.74) is 7.72. The first kappa shape index (κ1) is 14.5. The van der Waals surface area contributed by atoms with Crippen LogP contribution in [0.15, 0.2) is 12.1 Å². The number of aromatic nitrogens is 5. The van der Waals surface area contributed by atoms with Crippen LogP contribution in [-0.2, 0) is 7.05 Å². The second-order valence-corrected chi connectivity index (χ2v) is 5.86. The highest BCUT2D eigenvalue weighted by molar-refractivity contribution is 5.68. The molecule has 0 atom stereocenters. The molecule has 5 nitrogen and oxygen atoms in total. The molecule has 0 radical (unpaired) electrons. The quantitative estimate of drug-likeness (QED) is 0.647. The van der Waals surface area contributed by atoms with Crippen LogP contribution >= 0.6 is 0 Å². The van der Waals surface area contributed by atoms with Crippen LogP contribution in [0.4, 0.5) is 0 Å². The average Bonchev–Trinajstić information content (AvgIpc) is 2.44. The topological polar surface area (TPSA) is 55.4 Å².